The van der Waals surface area contributed by atoms with Crippen molar-refractivity contribution in [3.63, 3.8) is 0 Å². The van der Waals surface area contributed by atoms with Crippen LogP contribution in [-0.2, 0) is 6.54 Å². The molecule has 0 aliphatic carbocycles. The van der Waals surface area contributed by atoms with Crippen LogP contribution in [0.4, 0.5) is 4.39 Å². The largest absolute Gasteiger partial charge is 0.337 e. The van der Waals surface area contributed by atoms with Crippen molar-refractivity contribution in [3.05, 3.63) is 57.8 Å². The molecule has 1 aliphatic heterocycles. The second kappa shape index (κ2) is 8.15. The van der Waals surface area contributed by atoms with E-state index in [9.17, 15) is 9.18 Å². The Labute approximate surface area is 166 Å². The molecule has 3 aromatic rings. The number of halogens is 1. The van der Waals surface area contributed by atoms with Crippen LogP contribution in [-0.4, -0.2) is 62.1 Å². The highest BCUT2D eigenvalue weighted by atomic mass is 32.1. The number of hydrogen-bond donors (Lipinski definition) is 0. The summed E-state index contributed by atoms with van der Waals surface area (Å²) < 4.78 is 15.7. The third-order valence-corrected chi connectivity index (χ3v) is 5.69. The molecule has 28 heavy (non-hydrogen) atoms. The number of amides is 1. The van der Waals surface area contributed by atoms with Gasteiger partial charge in [0.05, 0.1) is 11.4 Å². The van der Waals surface area contributed by atoms with E-state index in [0.717, 1.165) is 36.5 Å². The summed E-state index contributed by atoms with van der Waals surface area (Å²) in [6, 6.07) is 8.64. The normalized spacial score (nSPS) is 15.6. The van der Waals surface area contributed by atoms with Gasteiger partial charge in [0.15, 0.2) is 5.82 Å². The maximum atomic E-state index is 14.3. The van der Waals surface area contributed by atoms with Crippen molar-refractivity contribution in [1.82, 2.24) is 30.0 Å². The second-order valence-electron chi connectivity index (χ2n) is 6.86. The number of tetrazole rings is 1. The number of nitrogens with zero attached hydrogens (tertiary/aromatic N) is 6. The number of carbonyl (C=O) groups excluding carboxylic acids is 1. The average Bonchev–Trinajstić information content (AvgIpc) is 3.32. The monoisotopic (exact) mass is 400 g/mol. The molecular weight excluding hydrogens is 379 g/mol. The van der Waals surface area contributed by atoms with E-state index in [1.54, 1.807) is 12.1 Å². The fraction of sp³-hybridized carbons (Fsp3) is 0.368. The first-order valence-corrected chi connectivity index (χ1v) is 10.1. The Hall–Kier alpha value is -2.65. The summed E-state index contributed by atoms with van der Waals surface area (Å²) >= 11 is 1.47. The van der Waals surface area contributed by atoms with Crippen molar-refractivity contribution in [2.45, 2.75) is 19.9 Å². The lowest BCUT2D eigenvalue weighted by Gasteiger charge is -2.21. The highest BCUT2D eigenvalue weighted by Gasteiger charge is 2.22. The Kier molecular flexibility index (Phi) is 5.45. The smallest absolute Gasteiger partial charge is 0.263 e. The molecule has 0 N–H and O–H groups in total. The first kappa shape index (κ1) is 18.7. The Morgan fingerprint density at radius 3 is 2.93 bits per heavy atom. The van der Waals surface area contributed by atoms with E-state index in [0.29, 0.717) is 24.6 Å². The lowest BCUT2D eigenvalue weighted by atomic mass is 10.2. The molecule has 0 atom stereocenters. The number of hydrogen-bond acceptors (Lipinski definition) is 6. The molecule has 3 heterocycles. The van der Waals surface area contributed by atoms with E-state index in [1.807, 2.05) is 29.3 Å². The maximum absolute atomic E-state index is 14.3. The number of carbonyl (C=O) groups is 1. The standard InChI is InChI=1S/C19H21FN6OS/c1-14-5-6-15(20)16(12-14)26-18(21-22-23-26)13-24-7-3-8-25(10-9-24)19(27)17-4-2-11-28-17/h2,4-6,11-12H,3,7-10,13H2,1H3. The molecule has 0 spiro atoms. The topological polar surface area (TPSA) is 67.2 Å². The third kappa shape index (κ3) is 3.95. The molecule has 9 heteroatoms. The van der Waals surface area contributed by atoms with Gasteiger partial charge in [-0.25, -0.2) is 4.39 Å². The van der Waals surface area contributed by atoms with Crippen molar-refractivity contribution >= 4 is 17.2 Å². The minimum atomic E-state index is -0.359. The van der Waals surface area contributed by atoms with Crippen LogP contribution in [0.3, 0.4) is 0 Å². The van der Waals surface area contributed by atoms with Gasteiger partial charge in [-0.1, -0.05) is 12.1 Å². The molecule has 2 aromatic heterocycles. The number of benzene rings is 1. The van der Waals surface area contributed by atoms with Gasteiger partial charge in [-0.05, 0) is 52.9 Å². The lowest BCUT2D eigenvalue weighted by molar-refractivity contribution is 0.0766. The molecule has 0 unspecified atom stereocenters. The highest BCUT2D eigenvalue weighted by molar-refractivity contribution is 7.12. The van der Waals surface area contributed by atoms with Gasteiger partial charge in [-0.2, -0.15) is 4.68 Å². The summed E-state index contributed by atoms with van der Waals surface area (Å²) in [5.41, 5.74) is 1.29. The predicted octanol–water partition coefficient (Wildman–Crippen LogP) is 2.52. The van der Waals surface area contributed by atoms with Gasteiger partial charge in [-0.3, -0.25) is 9.69 Å². The molecule has 1 fully saturated rings. The summed E-state index contributed by atoms with van der Waals surface area (Å²) in [4.78, 5) is 17.5. The number of thiophene rings is 1. The van der Waals surface area contributed by atoms with Crippen LogP contribution < -0.4 is 0 Å². The average molecular weight is 400 g/mol. The van der Waals surface area contributed by atoms with Crippen molar-refractivity contribution in [1.29, 1.82) is 0 Å². The zero-order chi connectivity index (χ0) is 19.5. The first-order chi connectivity index (χ1) is 13.6. The quantitative estimate of drug-likeness (QED) is 0.673. The highest BCUT2D eigenvalue weighted by Crippen LogP contribution is 2.18. The molecule has 1 saturated heterocycles. The van der Waals surface area contributed by atoms with E-state index < -0.39 is 0 Å². The van der Waals surface area contributed by atoms with Crippen LogP contribution in [0.15, 0.2) is 35.7 Å². The molecule has 0 radical (unpaired) electrons. The Balaban J connectivity index is 1.45. The molecule has 4 rings (SSSR count). The van der Waals surface area contributed by atoms with Crippen molar-refractivity contribution in [3.8, 4) is 5.69 Å². The van der Waals surface area contributed by atoms with Crippen LogP contribution >= 0.6 is 11.3 Å². The lowest BCUT2D eigenvalue weighted by Crippen LogP contribution is -2.35. The van der Waals surface area contributed by atoms with E-state index in [1.165, 1.54) is 22.1 Å². The summed E-state index contributed by atoms with van der Waals surface area (Å²) in [6.45, 7) is 5.34. The fourth-order valence-electron chi connectivity index (χ4n) is 3.36. The molecule has 0 bridgehead atoms. The van der Waals surface area contributed by atoms with E-state index in [-0.39, 0.29) is 11.7 Å². The first-order valence-electron chi connectivity index (χ1n) is 9.21. The molecule has 1 aromatic carbocycles. The minimum absolute atomic E-state index is 0.0866. The Bertz CT molecular complexity index is 957. The molecular formula is C19H21FN6OS. The van der Waals surface area contributed by atoms with Crippen LogP contribution in [0.5, 0.6) is 0 Å². The summed E-state index contributed by atoms with van der Waals surface area (Å²) in [5.74, 6) is 0.314. The maximum Gasteiger partial charge on any atom is 0.263 e. The Morgan fingerprint density at radius 2 is 2.11 bits per heavy atom. The van der Waals surface area contributed by atoms with Crippen molar-refractivity contribution in [2.24, 2.45) is 0 Å². The van der Waals surface area contributed by atoms with Crippen LogP contribution in [0.25, 0.3) is 5.69 Å². The van der Waals surface area contributed by atoms with E-state index >= 15 is 0 Å². The molecule has 0 saturated carbocycles. The summed E-state index contributed by atoms with van der Waals surface area (Å²) in [7, 11) is 0. The number of rotatable bonds is 4. The summed E-state index contributed by atoms with van der Waals surface area (Å²) in [6.07, 6.45) is 0.873. The molecule has 1 aliphatic rings. The number of aryl methyl sites for hydroxylation is 1. The molecule has 7 nitrogen and oxygen atoms in total. The van der Waals surface area contributed by atoms with Crippen LogP contribution in [0, 0.1) is 12.7 Å². The van der Waals surface area contributed by atoms with Gasteiger partial charge in [0, 0.05) is 26.2 Å². The van der Waals surface area contributed by atoms with Gasteiger partial charge in [0.1, 0.15) is 11.5 Å². The van der Waals surface area contributed by atoms with E-state index in [2.05, 4.69) is 20.4 Å². The second-order valence-corrected chi connectivity index (χ2v) is 7.81. The number of aromatic nitrogens is 4. The van der Waals surface area contributed by atoms with Gasteiger partial charge < -0.3 is 4.90 Å². The van der Waals surface area contributed by atoms with Gasteiger partial charge >= 0.3 is 0 Å². The van der Waals surface area contributed by atoms with Gasteiger partial charge in [0.2, 0.25) is 0 Å². The van der Waals surface area contributed by atoms with E-state index in [4.69, 9.17) is 0 Å². The van der Waals surface area contributed by atoms with Crippen molar-refractivity contribution < 1.29 is 9.18 Å². The van der Waals surface area contributed by atoms with Gasteiger partial charge in [-0.15, -0.1) is 16.4 Å². The SMILES string of the molecule is Cc1ccc(F)c(-n2nnnc2CN2CCCN(C(=O)c3cccs3)CC2)c1. The molecule has 1 amide bonds. The van der Waals surface area contributed by atoms with Crippen molar-refractivity contribution in [2.75, 3.05) is 26.2 Å². The zero-order valence-corrected chi connectivity index (χ0v) is 16.4. The Morgan fingerprint density at radius 1 is 1.21 bits per heavy atom. The zero-order valence-electron chi connectivity index (χ0n) is 15.6. The minimum Gasteiger partial charge on any atom is -0.337 e. The predicted molar refractivity (Wildman–Crippen MR) is 104 cm³/mol. The van der Waals surface area contributed by atoms with Crippen LogP contribution in [0.2, 0.25) is 0 Å². The fourth-order valence-corrected chi connectivity index (χ4v) is 4.06. The van der Waals surface area contributed by atoms with Gasteiger partial charge in [0.25, 0.3) is 5.91 Å². The summed E-state index contributed by atoms with van der Waals surface area (Å²) in [5, 5.41) is 13.7. The van der Waals surface area contributed by atoms with Crippen LogP contribution in [0.1, 0.15) is 27.5 Å². The third-order valence-electron chi connectivity index (χ3n) is 4.84. The molecule has 146 valence electrons.